The van der Waals surface area contributed by atoms with E-state index in [1.165, 1.54) is 4.90 Å². The van der Waals surface area contributed by atoms with Crippen LogP contribution < -0.4 is 4.90 Å². The van der Waals surface area contributed by atoms with E-state index in [4.69, 9.17) is 20.9 Å². The molecule has 0 aliphatic carbocycles. The predicted molar refractivity (Wildman–Crippen MR) is 70.0 cm³/mol. The standard InChI is InChI=1S/C13H14ClN3O2/c14-11-3-1-10(2-4-11)13-15-12(19-16-13)9-17-5-7-18-8-6-17/h1-4H,5-9H2/p+1. The first-order valence-electron chi connectivity index (χ1n) is 6.31. The smallest absolute Gasteiger partial charge is 0.282 e. The molecule has 0 spiro atoms. The highest BCUT2D eigenvalue weighted by Crippen LogP contribution is 2.18. The van der Waals surface area contributed by atoms with Crippen LogP contribution in [0.15, 0.2) is 28.8 Å². The van der Waals surface area contributed by atoms with Crippen LogP contribution in [0.5, 0.6) is 0 Å². The topological polar surface area (TPSA) is 52.6 Å². The molecule has 1 N–H and O–H groups in total. The summed E-state index contributed by atoms with van der Waals surface area (Å²) in [6.07, 6.45) is 0. The molecule has 1 aromatic carbocycles. The van der Waals surface area contributed by atoms with Gasteiger partial charge in [0.15, 0.2) is 6.54 Å². The molecule has 1 aromatic heterocycles. The van der Waals surface area contributed by atoms with Crippen molar-refractivity contribution in [1.29, 1.82) is 0 Å². The summed E-state index contributed by atoms with van der Waals surface area (Å²) < 4.78 is 10.6. The molecule has 0 saturated carbocycles. The zero-order valence-electron chi connectivity index (χ0n) is 10.4. The molecule has 1 aliphatic rings. The minimum atomic E-state index is 0.610. The van der Waals surface area contributed by atoms with Crippen molar-refractivity contribution >= 4 is 11.6 Å². The highest BCUT2D eigenvalue weighted by atomic mass is 35.5. The van der Waals surface area contributed by atoms with E-state index in [-0.39, 0.29) is 0 Å². The molecule has 1 fully saturated rings. The number of morpholine rings is 1. The summed E-state index contributed by atoms with van der Waals surface area (Å²) in [7, 11) is 0. The van der Waals surface area contributed by atoms with Gasteiger partial charge in [0.1, 0.15) is 13.1 Å². The Kier molecular flexibility index (Phi) is 3.77. The molecule has 0 radical (unpaired) electrons. The molecule has 3 rings (SSSR count). The van der Waals surface area contributed by atoms with E-state index in [0.717, 1.165) is 38.4 Å². The van der Waals surface area contributed by atoms with E-state index in [9.17, 15) is 0 Å². The van der Waals surface area contributed by atoms with Crippen molar-refractivity contribution in [3.05, 3.63) is 35.2 Å². The number of rotatable bonds is 3. The molecule has 1 aliphatic heterocycles. The van der Waals surface area contributed by atoms with Crippen molar-refractivity contribution in [3.63, 3.8) is 0 Å². The van der Waals surface area contributed by atoms with Gasteiger partial charge in [0, 0.05) is 10.6 Å². The lowest BCUT2D eigenvalue weighted by atomic mass is 10.2. The normalized spacial score (nSPS) is 16.7. The van der Waals surface area contributed by atoms with E-state index >= 15 is 0 Å². The summed E-state index contributed by atoms with van der Waals surface area (Å²) in [5, 5.41) is 4.71. The third-order valence-electron chi connectivity index (χ3n) is 3.17. The van der Waals surface area contributed by atoms with Crippen molar-refractivity contribution in [3.8, 4) is 11.4 Å². The molecular formula is C13H15ClN3O2+. The number of aromatic nitrogens is 2. The van der Waals surface area contributed by atoms with Crippen molar-refractivity contribution in [2.45, 2.75) is 6.54 Å². The van der Waals surface area contributed by atoms with Crippen molar-refractivity contribution < 1.29 is 14.2 Å². The molecule has 0 amide bonds. The van der Waals surface area contributed by atoms with Gasteiger partial charge >= 0.3 is 0 Å². The van der Waals surface area contributed by atoms with Gasteiger partial charge < -0.3 is 14.2 Å². The van der Waals surface area contributed by atoms with Crippen molar-refractivity contribution in [2.75, 3.05) is 26.3 Å². The van der Waals surface area contributed by atoms with Gasteiger partial charge in [-0.2, -0.15) is 4.98 Å². The van der Waals surface area contributed by atoms with Crippen molar-refractivity contribution in [2.24, 2.45) is 0 Å². The molecule has 0 bridgehead atoms. The number of quaternary nitrogens is 1. The quantitative estimate of drug-likeness (QED) is 0.904. The minimum Gasteiger partial charge on any atom is -0.370 e. The summed E-state index contributed by atoms with van der Waals surface area (Å²) in [5.41, 5.74) is 0.913. The lowest BCUT2D eigenvalue weighted by Gasteiger charge is -2.21. The average molecular weight is 281 g/mol. The summed E-state index contributed by atoms with van der Waals surface area (Å²) in [6.45, 7) is 4.32. The Bertz CT molecular complexity index is 535. The largest absolute Gasteiger partial charge is 0.370 e. The second kappa shape index (κ2) is 5.69. The van der Waals surface area contributed by atoms with Gasteiger partial charge in [-0.25, -0.2) is 0 Å². The summed E-state index contributed by atoms with van der Waals surface area (Å²) in [4.78, 5) is 5.84. The fourth-order valence-electron chi connectivity index (χ4n) is 2.09. The molecule has 5 nitrogen and oxygen atoms in total. The molecule has 6 heteroatoms. The molecule has 2 aromatic rings. The van der Waals surface area contributed by atoms with E-state index in [1.54, 1.807) is 0 Å². The lowest BCUT2D eigenvalue weighted by molar-refractivity contribution is -0.922. The second-order valence-corrected chi connectivity index (χ2v) is 4.99. The maximum absolute atomic E-state index is 5.85. The molecule has 0 atom stereocenters. The maximum Gasteiger partial charge on any atom is 0.282 e. The zero-order valence-corrected chi connectivity index (χ0v) is 11.2. The maximum atomic E-state index is 5.85. The number of hydrogen-bond donors (Lipinski definition) is 1. The van der Waals surface area contributed by atoms with Crippen LogP contribution in [-0.2, 0) is 11.3 Å². The fraction of sp³-hybridized carbons (Fsp3) is 0.385. The minimum absolute atomic E-state index is 0.610. The Morgan fingerprint density at radius 1 is 1.16 bits per heavy atom. The Balaban J connectivity index is 1.70. The zero-order chi connectivity index (χ0) is 13.1. The van der Waals surface area contributed by atoms with Crippen LogP contribution in [0.4, 0.5) is 0 Å². The highest BCUT2D eigenvalue weighted by molar-refractivity contribution is 6.30. The van der Waals surface area contributed by atoms with Gasteiger partial charge in [0.2, 0.25) is 5.82 Å². The Hall–Kier alpha value is -1.43. The van der Waals surface area contributed by atoms with Gasteiger partial charge in [0.25, 0.3) is 5.89 Å². The Morgan fingerprint density at radius 2 is 1.89 bits per heavy atom. The van der Waals surface area contributed by atoms with E-state index in [2.05, 4.69) is 10.1 Å². The van der Waals surface area contributed by atoms with Gasteiger partial charge in [-0.1, -0.05) is 16.8 Å². The first kappa shape index (κ1) is 12.6. The van der Waals surface area contributed by atoms with Crippen LogP contribution in [0.1, 0.15) is 5.89 Å². The van der Waals surface area contributed by atoms with Gasteiger partial charge in [0.05, 0.1) is 13.2 Å². The van der Waals surface area contributed by atoms with E-state index < -0.39 is 0 Å². The Labute approximate surface area is 116 Å². The highest BCUT2D eigenvalue weighted by Gasteiger charge is 2.18. The molecular weight excluding hydrogens is 266 g/mol. The first-order chi connectivity index (χ1) is 9.31. The van der Waals surface area contributed by atoms with Crippen LogP contribution in [0.2, 0.25) is 5.02 Å². The van der Waals surface area contributed by atoms with Crippen LogP contribution in [0, 0.1) is 0 Å². The number of halogens is 1. The van der Waals surface area contributed by atoms with Crippen molar-refractivity contribution in [1.82, 2.24) is 10.1 Å². The number of benzene rings is 1. The first-order valence-corrected chi connectivity index (χ1v) is 6.69. The third-order valence-corrected chi connectivity index (χ3v) is 3.42. The third kappa shape index (κ3) is 3.12. The Morgan fingerprint density at radius 3 is 2.63 bits per heavy atom. The van der Waals surface area contributed by atoms with Gasteiger partial charge in [-0.05, 0) is 24.3 Å². The average Bonchev–Trinajstić information content (AvgIpc) is 2.89. The SMILES string of the molecule is Clc1ccc(-c2noc(C[NH+]3CCOCC3)n2)cc1. The molecule has 2 heterocycles. The molecule has 100 valence electrons. The number of ether oxygens (including phenoxy) is 1. The number of nitrogens with zero attached hydrogens (tertiary/aromatic N) is 2. The van der Waals surface area contributed by atoms with Crippen LogP contribution in [0.25, 0.3) is 11.4 Å². The second-order valence-electron chi connectivity index (χ2n) is 4.56. The van der Waals surface area contributed by atoms with E-state index in [1.807, 2.05) is 24.3 Å². The molecule has 0 unspecified atom stereocenters. The fourth-order valence-corrected chi connectivity index (χ4v) is 2.22. The van der Waals surface area contributed by atoms with E-state index in [0.29, 0.717) is 16.7 Å². The summed E-state index contributed by atoms with van der Waals surface area (Å²) in [6, 6.07) is 7.41. The predicted octanol–water partition coefficient (Wildman–Crippen LogP) is 0.805. The van der Waals surface area contributed by atoms with Gasteiger partial charge in [-0.3, -0.25) is 0 Å². The van der Waals surface area contributed by atoms with Crippen LogP contribution in [-0.4, -0.2) is 36.4 Å². The number of hydrogen-bond acceptors (Lipinski definition) is 4. The molecule has 19 heavy (non-hydrogen) atoms. The van der Waals surface area contributed by atoms with Crippen LogP contribution in [0.3, 0.4) is 0 Å². The monoisotopic (exact) mass is 280 g/mol. The van der Waals surface area contributed by atoms with Crippen LogP contribution >= 0.6 is 11.6 Å². The summed E-state index contributed by atoms with van der Waals surface area (Å²) in [5.74, 6) is 1.28. The molecule has 1 saturated heterocycles. The number of nitrogens with one attached hydrogen (secondary N) is 1. The summed E-state index contributed by atoms with van der Waals surface area (Å²) >= 11 is 5.85. The van der Waals surface area contributed by atoms with Gasteiger partial charge in [-0.15, -0.1) is 0 Å². The lowest BCUT2D eigenvalue weighted by Crippen LogP contribution is -3.12.